The molecular weight excluding hydrogens is 488 g/mol. The van der Waals surface area contributed by atoms with Crippen LogP contribution in [0.1, 0.15) is 52.4 Å². The number of benzene rings is 2. The first-order valence-electron chi connectivity index (χ1n) is 13.2. The molecule has 202 valence electrons. The van der Waals surface area contributed by atoms with Gasteiger partial charge in [-0.25, -0.2) is 19.9 Å². The van der Waals surface area contributed by atoms with Gasteiger partial charge in [-0.3, -0.25) is 4.99 Å². The Hall–Kier alpha value is -4.53. The van der Waals surface area contributed by atoms with E-state index in [4.69, 9.17) is 9.72 Å². The molecule has 5 rings (SSSR count). The van der Waals surface area contributed by atoms with E-state index in [1.54, 1.807) is 6.20 Å². The largest absolute Gasteiger partial charge is 0.457 e. The van der Waals surface area contributed by atoms with E-state index >= 15 is 0 Å². The van der Waals surface area contributed by atoms with E-state index in [9.17, 15) is 0 Å². The predicted octanol–water partition coefficient (Wildman–Crippen LogP) is 7.23. The molecule has 0 radical (unpaired) electrons. The van der Waals surface area contributed by atoms with Gasteiger partial charge in [-0.15, -0.1) is 0 Å². The number of aromatic nitrogens is 4. The minimum atomic E-state index is 0.542. The highest BCUT2D eigenvalue weighted by Gasteiger charge is 2.16. The molecule has 2 aromatic heterocycles. The van der Waals surface area contributed by atoms with Crippen LogP contribution in [-0.2, 0) is 0 Å². The minimum absolute atomic E-state index is 0.542. The zero-order valence-corrected chi connectivity index (χ0v) is 23.7. The summed E-state index contributed by atoms with van der Waals surface area (Å²) in [5.74, 6) is 2.72. The lowest BCUT2D eigenvalue weighted by atomic mass is 10.2. The summed E-state index contributed by atoms with van der Waals surface area (Å²) in [4.78, 5) is 24.6. The molecule has 0 atom stereocenters. The summed E-state index contributed by atoms with van der Waals surface area (Å²) < 4.78 is 6.18. The van der Waals surface area contributed by atoms with Crippen LogP contribution in [0.25, 0.3) is 11.0 Å². The molecule has 9 heteroatoms. The quantitative estimate of drug-likeness (QED) is 0.244. The molecule has 39 heavy (non-hydrogen) atoms. The third-order valence-corrected chi connectivity index (χ3v) is 6.29. The number of nitrogens with one attached hydrogen (secondary N) is 2. The van der Waals surface area contributed by atoms with Crippen LogP contribution in [0.4, 0.5) is 22.9 Å². The Morgan fingerprint density at radius 2 is 1.95 bits per heavy atom. The molecule has 0 amide bonds. The summed E-state index contributed by atoms with van der Waals surface area (Å²) in [7, 11) is 2.06. The van der Waals surface area contributed by atoms with Crippen molar-refractivity contribution in [3.8, 4) is 11.5 Å². The van der Waals surface area contributed by atoms with Gasteiger partial charge in [-0.1, -0.05) is 26.3 Å². The van der Waals surface area contributed by atoms with Crippen molar-refractivity contribution in [2.45, 2.75) is 48.0 Å². The van der Waals surface area contributed by atoms with Gasteiger partial charge in [0.05, 0.1) is 30.0 Å². The molecule has 0 saturated carbocycles. The number of allylic oxidation sites excluding steroid dienone is 1. The third kappa shape index (κ3) is 6.31. The molecule has 0 saturated heterocycles. The van der Waals surface area contributed by atoms with Crippen molar-refractivity contribution < 1.29 is 4.74 Å². The summed E-state index contributed by atoms with van der Waals surface area (Å²) in [6.07, 6.45) is 6.01. The van der Waals surface area contributed by atoms with Crippen LogP contribution in [0, 0.1) is 6.92 Å². The number of anilines is 4. The Balaban J connectivity index is 0.00000172. The smallest absolute Gasteiger partial charge is 0.174 e. The fourth-order valence-electron chi connectivity index (χ4n) is 3.92. The summed E-state index contributed by atoms with van der Waals surface area (Å²) in [5.41, 5.74) is 7.31. The van der Waals surface area contributed by atoms with Gasteiger partial charge < -0.3 is 20.3 Å². The maximum Gasteiger partial charge on any atom is 0.174 e. The predicted molar refractivity (Wildman–Crippen MR) is 161 cm³/mol. The minimum Gasteiger partial charge on any atom is -0.457 e. The molecule has 3 heterocycles. The van der Waals surface area contributed by atoms with Gasteiger partial charge in [0, 0.05) is 25.0 Å². The Morgan fingerprint density at radius 3 is 2.72 bits per heavy atom. The first-order valence-corrected chi connectivity index (χ1v) is 13.2. The van der Waals surface area contributed by atoms with Crippen LogP contribution in [-0.4, -0.2) is 39.4 Å². The van der Waals surface area contributed by atoms with Crippen LogP contribution in [0.3, 0.4) is 0 Å². The fraction of sp³-hybridized carbons (Fsp3) is 0.300. The van der Waals surface area contributed by atoms with Crippen molar-refractivity contribution in [1.29, 1.82) is 0 Å². The van der Waals surface area contributed by atoms with Crippen LogP contribution >= 0.6 is 0 Å². The lowest BCUT2D eigenvalue weighted by Crippen LogP contribution is -2.15. The molecule has 9 nitrogen and oxygen atoms in total. The normalized spacial score (nSPS) is 12.9. The molecule has 0 aliphatic carbocycles. The lowest BCUT2D eigenvalue weighted by molar-refractivity contribution is 0.479. The summed E-state index contributed by atoms with van der Waals surface area (Å²) >= 11 is 0. The summed E-state index contributed by atoms with van der Waals surface area (Å²) in [5, 5.41) is 6.75. The van der Waals surface area contributed by atoms with E-state index in [0.717, 1.165) is 47.2 Å². The van der Waals surface area contributed by atoms with Crippen LogP contribution < -0.4 is 20.3 Å². The van der Waals surface area contributed by atoms with Crippen molar-refractivity contribution in [3.05, 3.63) is 72.1 Å². The number of hydrogen-bond donors (Lipinski definition) is 2. The topological polar surface area (TPSA) is 100 Å². The highest BCUT2D eigenvalue weighted by atomic mass is 16.5. The number of fused-ring (bicyclic) bond motifs is 2. The van der Waals surface area contributed by atoms with Crippen molar-refractivity contribution in [3.63, 3.8) is 0 Å². The van der Waals surface area contributed by atoms with Gasteiger partial charge in [-0.2, -0.15) is 0 Å². The molecule has 0 spiro atoms. The number of aryl methyl sites for hydroxylation is 1. The van der Waals surface area contributed by atoms with E-state index in [-0.39, 0.29) is 0 Å². The van der Waals surface area contributed by atoms with Gasteiger partial charge in [0.15, 0.2) is 11.6 Å². The maximum atomic E-state index is 6.18. The van der Waals surface area contributed by atoms with Gasteiger partial charge in [-0.05, 0) is 63.1 Å². The number of hydrogen-bond acceptors (Lipinski definition) is 9. The number of rotatable bonds is 7. The Labute approximate surface area is 230 Å². The average molecular weight is 525 g/mol. The molecule has 0 fully saturated rings. The van der Waals surface area contributed by atoms with E-state index < -0.39 is 0 Å². The van der Waals surface area contributed by atoms with Crippen molar-refractivity contribution in [1.82, 2.24) is 19.9 Å². The molecule has 1 aliphatic heterocycles. The molecule has 1 aliphatic rings. The van der Waals surface area contributed by atoms with Crippen molar-refractivity contribution >= 4 is 39.6 Å². The number of nitrogens with zero attached hydrogens (tertiary/aromatic N) is 6. The van der Waals surface area contributed by atoms with Gasteiger partial charge in [0.1, 0.15) is 28.9 Å². The molecule has 4 aromatic rings. The van der Waals surface area contributed by atoms with Crippen LogP contribution in [0.15, 0.2) is 65.7 Å². The first-order chi connectivity index (χ1) is 18.9. The van der Waals surface area contributed by atoms with Crippen molar-refractivity contribution in [2.75, 3.05) is 29.2 Å². The van der Waals surface area contributed by atoms with Crippen molar-refractivity contribution in [2.24, 2.45) is 4.99 Å². The van der Waals surface area contributed by atoms with Crippen LogP contribution in [0.2, 0.25) is 0 Å². The average Bonchev–Trinajstić information content (AvgIpc) is 3.33. The van der Waals surface area contributed by atoms with E-state index in [0.29, 0.717) is 22.7 Å². The Kier molecular flexibility index (Phi) is 8.70. The van der Waals surface area contributed by atoms with Crippen LogP contribution in [0.5, 0.6) is 11.5 Å². The first kappa shape index (κ1) is 27.5. The maximum absolute atomic E-state index is 6.18. The molecule has 2 N–H and O–H groups in total. The lowest BCUT2D eigenvalue weighted by Gasteiger charge is -2.13. The van der Waals surface area contributed by atoms with E-state index in [1.807, 2.05) is 71.2 Å². The van der Waals surface area contributed by atoms with Gasteiger partial charge >= 0.3 is 0 Å². The zero-order chi connectivity index (χ0) is 27.9. The highest BCUT2D eigenvalue weighted by molar-refractivity contribution is 5.98. The highest BCUT2D eigenvalue weighted by Crippen LogP contribution is 2.36. The Morgan fingerprint density at radius 1 is 1.13 bits per heavy atom. The fourth-order valence-corrected chi connectivity index (χ4v) is 3.92. The summed E-state index contributed by atoms with van der Waals surface area (Å²) in [6, 6.07) is 12.0. The SMILES string of the molecule is CC.CC/C(C)=C\N=C(C)c1ncc2ncnc(Nc3ccc(Oc4ccc5c(c4)NCN5C)c(C)c3)c2n1. The second-order valence-electron chi connectivity index (χ2n) is 9.11. The number of ether oxygens (including phenoxy) is 1. The molecule has 0 unspecified atom stereocenters. The second-order valence-corrected chi connectivity index (χ2v) is 9.11. The molecule has 0 bridgehead atoms. The second kappa shape index (κ2) is 12.3. The summed E-state index contributed by atoms with van der Waals surface area (Å²) in [6.45, 7) is 12.9. The van der Waals surface area contributed by atoms with Gasteiger partial charge in [0.25, 0.3) is 0 Å². The number of aliphatic imine (C=N–C) groups is 1. The van der Waals surface area contributed by atoms with E-state index in [1.165, 1.54) is 17.6 Å². The molecule has 2 aromatic carbocycles. The monoisotopic (exact) mass is 524 g/mol. The Bertz CT molecular complexity index is 1530. The molecular formula is C30H36N8O. The zero-order valence-electron chi connectivity index (χ0n) is 23.7. The van der Waals surface area contributed by atoms with Gasteiger partial charge in [0.2, 0.25) is 0 Å². The third-order valence-electron chi connectivity index (χ3n) is 6.29. The standard InChI is InChI=1S/C28H30N8O.C2H6/c1-6-17(2)13-29-19(4)27-30-14-23-26(35-27)28(32-15-31-23)34-20-7-10-25(18(3)11-20)37-21-8-9-24-22(12-21)33-16-36(24)5;1-2/h7-15,33H,6,16H2,1-5H3,(H,31,32,34);1-2H3/b17-13-,29-19?;. The van der Waals surface area contributed by atoms with E-state index in [2.05, 4.69) is 55.5 Å².